The Kier molecular flexibility index (Phi) is 6.39. The standard InChI is InChI=1S/C24H26FN3O4/c25-18-10-4-5-11-20(18)32-16-19(17-8-2-1-3-9-17)26-21(29)12-15-28-22(30)24(27-23(28)31)13-6-7-14-24/h1-5,8-11,19H,6-7,12-16H2,(H,26,29)(H,27,31). The van der Waals surface area contributed by atoms with Crippen molar-refractivity contribution in [3.63, 3.8) is 0 Å². The number of carbonyl (C=O) groups is 3. The molecule has 2 N–H and O–H groups in total. The predicted octanol–water partition coefficient (Wildman–Crippen LogP) is 3.32. The number of urea groups is 1. The Morgan fingerprint density at radius 2 is 1.78 bits per heavy atom. The van der Waals surface area contributed by atoms with E-state index in [0.717, 1.165) is 23.3 Å². The van der Waals surface area contributed by atoms with Gasteiger partial charge in [-0.1, -0.05) is 55.3 Å². The summed E-state index contributed by atoms with van der Waals surface area (Å²) in [4.78, 5) is 38.9. The molecule has 2 aliphatic rings. The molecule has 1 saturated carbocycles. The monoisotopic (exact) mass is 439 g/mol. The number of para-hydroxylation sites is 1. The van der Waals surface area contributed by atoms with Crippen LogP contribution in [0.4, 0.5) is 9.18 Å². The first-order valence-corrected chi connectivity index (χ1v) is 10.8. The number of carbonyl (C=O) groups excluding carboxylic acids is 3. The van der Waals surface area contributed by atoms with Crippen molar-refractivity contribution in [1.29, 1.82) is 0 Å². The Bertz CT molecular complexity index is 992. The fraction of sp³-hybridized carbons (Fsp3) is 0.375. The molecule has 168 valence electrons. The van der Waals surface area contributed by atoms with Gasteiger partial charge in [0.05, 0.1) is 6.04 Å². The number of ether oxygens (including phenoxy) is 1. The Morgan fingerprint density at radius 1 is 1.09 bits per heavy atom. The van der Waals surface area contributed by atoms with Crippen LogP contribution in [0.5, 0.6) is 5.75 Å². The number of amides is 4. The molecule has 1 spiro atoms. The molecular formula is C24H26FN3O4. The maximum absolute atomic E-state index is 13.9. The molecule has 0 bridgehead atoms. The number of nitrogens with zero attached hydrogens (tertiary/aromatic N) is 1. The molecule has 0 radical (unpaired) electrons. The van der Waals surface area contributed by atoms with Crippen molar-refractivity contribution in [2.45, 2.75) is 43.7 Å². The Hall–Kier alpha value is -3.42. The zero-order valence-corrected chi connectivity index (χ0v) is 17.7. The maximum Gasteiger partial charge on any atom is 0.325 e. The number of hydrogen-bond donors (Lipinski definition) is 2. The quantitative estimate of drug-likeness (QED) is 0.618. The zero-order chi connectivity index (χ0) is 22.6. The third-order valence-electron chi connectivity index (χ3n) is 6.04. The highest BCUT2D eigenvalue weighted by molar-refractivity contribution is 6.07. The van der Waals surface area contributed by atoms with E-state index in [1.807, 2.05) is 30.3 Å². The van der Waals surface area contributed by atoms with Crippen LogP contribution in [-0.2, 0) is 9.59 Å². The van der Waals surface area contributed by atoms with Gasteiger partial charge in [0, 0.05) is 13.0 Å². The van der Waals surface area contributed by atoms with E-state index in [1.165, 1.54) is 12.1 Å². The fourth-order valence-corrected chi connectivity index (χ4v) is 4.32. The van der Waals surface area contributed by atoms with Gasteiger partial charge in [0.1, 0.15) is 12.1 Å². The summed E-state index contributed by atoms with van der Waals surface area (Å²) in [6.45, 7) is 0.0386. The van der Waals surface area contributed by atoms with Gasteiger partial charge in [-0.05, 0) is 30.5 Å². The molecule has 32 heavy (non-hydrogen) atoms. The van der Waals surface area contributed by atoms with Gasteiger partial charge in [-0.15, -0.1) is 0 Å². The van der Waals surface area contributed by atoms with E-state index in [2.05, 4.69) is 10.6 Å². The minimum Gasteiger partial charge on any atom is -0.488 e. The third kappa shape index (κ3) is 4.59. The maximum atomic E-state index is 13.9. The minimum absolute atomic E-state index is 0.00787. The smallest absolute Gasteiger partial charge is 0.325 e. The van der Waals surface area contributed by atoms with Crippen molar-refractivity contribution in [3.05, 3.63) is 66.0 Å². The highest BCUT2D eigenvalue weighted by Crippen LogP contribution is 2.35. The van der Waals surface area contributed by atoms with E-state index >= 15 is 0 Å². The molecule has 7 nitrogen and oxygen atoms in total. The highest BCUT2D eigenvalue weighted by atomic mass is 19.1. The van der Waals surface area contributed by atoms with Gasteiger partial charge < -0.3 is 15.4 Å². The number of hydrogen-bond acceptors (Lipinski definition) is 4. The molecular weight excluding hydrogens is 413 g/mol. The summed E-state index contributed by atoms with van der Waals surface area (Å²) in [5.41, 5.74) is 0.0189. The molecule has 0 aromatic heterocycles. The molecule has 1 atom stereocenters. The predicted molar refractivity (Wildman–Crippen MR) is 115 cm³/mol. The van der Waals surface area contributed by atoms with E-state index in [9.17, 15) is 18.8 Å². The van der Waals surface area contributed by atoms with Crippen molar-refractivity contribution in [3.8, 4) is 5.75 Å². The van der Waals surface area contributed by atoms with Crippen molar-refractivity contribution in [2.75, 3.05) is 13.2 Å². The molecule has 1 aliphatic heterocycles. The molecule has 1 saturated heterocycles. The van der Waals surface area contributed by atoms with Gasteiger partial charge in [-0.2, -0.15) is 0 Å². The van der Waals surface area contributed by atoms with E-state index < -0.39 is 23.4 Å². The molecule has 1 heterocycles. The Morgan fingerprint density at radius 3 is 2.50 bits per heavy atom. The second-order valence-corrected chi connectivity index (χ2v) is 8.20. The lowest BCUT2D eigenvalue weighted by Crippen LogP contribution is -2.44. The normalized spacial score (nSPS) is 18.0. The van der Waals surface area contributed by atoms with Crippen LogP contribution in [0.15, 0.2) is 54.6 Å². The number of rotatable bonds is 8. The van der Waals surface area contributed by atoms with Crippen molar-refractivity contribution < 1.29 is 23.5 Å². The average Bonchev–Trinajstić information content (AvgIpc) is 3.36. The average molecular weight is 439 g/mol. The third-order valence-corrected chi connectivity index (χ3v) is 6.04. The lowest BCUT2D eigenvalue weighted by Gasteiger charge is -2.21. The molecule has 1 aliphatic carbocycles. The van der Waals surface area contributed by atoms with Crippen LogP contribution in [0.25, 0.3) is 0 Å². The van der Waals surface area contributed by atoms with Crippen molar-refractivity contribution in [1.82, 2.24) is 15.5 Å². The van der Waals surface area contributed by atoms with E-state index in [4.69, 9.17) is 4.74 Å². The second-order valence-electron chi connectivity index (χ2n) is 8.20. The summed E-state index contributed by atoms with van der Waals surface area (Å²) in [5.74, 6) is -0.951. The number of benzene rings is 2. The summed E-state index contributed by atoms with van der Waals surface area (Å²) < 4.78 is 19.5. The van der Waals surface area contributed by atoms with Crippen LogP contribution in [0, 0.1) is 5.82 Å². The van der Waals surface area contributed by atoms with Crippen LogP contribution < -0.4 is 15.4 Å². The summed E-state index contributed by atoms with van der Waals surface area (Å²) in [6.07, 6.45) is 3.06. The highest BCUT2D eigenvalue weighted by Gasteiger charge is 2.52. The van der Waals surface area contributed by atoms with Crippen LogP contribution in [0.3, 0.4) is 0 Å². The first kappa shape index (κ1) is 21.8. The lowest BCUT2D eigenvalue weighted by molar-refractivity contribution is -0.131. The molecule has 2 fully saturated rings. The number of halogens is 1. The van der Waals surface area contributed by atoms with Gasteiger partial charge in [0.15, 0.2) is 11.6 Å². The van der Waals surface area contributed by atoms with Crippen molar-refractivity contribution in [2.24, 2.45) is 0 Å². The van der Waals surface area contributed by atoms with Crippen LogP contribution in [0.1, 0.15) is 43.7 Å². The lowest BCUT2D eigenvalue weighted by atomic mass is 9.98. The van der Waals surface area contributed by atoms with Gasteiger partial charge in [-0.3, -0.25) is 14.5 Å². The number of imide groups is 1. The summed E-state index contributed by atoms with van der Waals surface area (Å²) >= 11 is 0. The topological polar surface area (TPSA) is 87.7 Å². The number of nitrogens with one attached hydrogen (secondary N) is 2. The van der Waals surface area contributed by atoms with Crippen molar-refractivity contribution >= 4 is 17.8 Å². The molecule has 4 rings (SSSR count). The first-order valence-electron chi connectivity index (χ1n) is 10.8. The Labute approximate surface area is 185 Å². The molecule has 8 heteroatoms. The fourth-order valence-electron chi connectivity index (χ4n) is 4.32. The molecule has 2 aromatic rings. The SMILES string of the molecule is O=C(CCN1C(=O)NC2(CCCC2)C1=O)NC(COc1ccccc1F)c1ccccc1. The molecule has 4 amide bonds. The van der Waals surface area contributed by atoms with Crippen LogP contribution in [0.2, 0.25) is 0 Å². The largest absolute Gasteiger partial charge is 0.488 e. The van der Waals surface area contributed by atoms with E-state index in [0.29, 0.717) is 12.8 Å². The second kappa shape index (κ2) is 9.38. The summed E-state index contributed by atoms with van der Waals surface area (Å²) in [5, 5.41) is 5.70. The summed E-state index contributed by atoms with van der Waals surface area (Å²) in [7, 11) is 0. The van der Waals surface area contributed by atoms with E-state index in [-0.39, 0.29) is 37.1 Å². The van der Waals surface area contributed by atoms with Gasteiger partial charge in [0.25, 0.3) is 5.91 Å². The first-order chi connectivity index (χ1) is 15.5. The molecule has 1 unspecified atom stereocenters. The van der Waals surface area contributed by atoms with Gasteiger partial charge in [-0.25, -0.2) is 9.18 Å². The van der Waals surface area contributed by atoms with Crippen LogP contribution in [-0.4, -0.2) is 41.4 Å². The minimum atomic E-state index is -0.784. The van der Waals surface area contributed by atoms with E-state index in [1.54, 1.807) is 12.1 Å². The van der Waals surface area contributed by atoms with Gasteiger partial charge in [0.2, 0.25) is 5.91 Å². The Balaban J connectivity index is 1.37. The van der Waals surface area contributed by atoms with Crippen LogP contribution >= 0.6 is 0 Å². The zero-order valence-electron chi connectivity index (χ0n) is 17.7. The van der Waals surface area contributed by atoms with Gasteiger partial charge >= 0.3 is 6.03 Å². The molecule has 2 aromatic carbocycles. The summed E-state index contributed by atoms with van der Waals surface area (Å²) in [6, 6.07) is 14.3.